The molecular formula is C13H18FNO4S. The summed E-state index contributed by atoms with van der Waals surface area (Å²) in [6.45, 7) is 4.65. The van der Waals surface area contributed by atoms with Crippen molar-refractivity contribution in [2.45, 2.75) is 44.0 Å². The van der Waals surface area contributed by atoms with E-state index in [2.05, 4.69) is 4.72 Å². The van der Waals surface area contributed by atoms with Gasteiger partial charge in [-0.05, 0) is 43.5 Å². The second-order valence-corrected chi connectivity index (χ2v) is 6.26. The lowest BCUT2D eigenvalue weighted by atomic mass is 9.95. The number of carboxylic acid groups (broad SMARTS) is 1. The molecule has 0 aromatic heterocycles. The normalized spacial score (nSPS) is 12.4. The number of carboxylic acids is 1. The summed E-state index contributed by atoms with van der Waals surface area (Å²) in [5.41, 5.74) is -1.33. The van der Waals surface area contributed by atoms with Crippen LogP contribution in [0.15, 0.2) is 23.1 Å². The second-order valence-electron chi connectivity index (χ2n) is 4.61. The number of sulfonamides is 1. The smallest absolute Gasteiger partial charge is 0.324 e. The summed E-state index contributed by atoms with van der Waals surface area (Å²) in [6.07, 6.45) is 0.219. The first-order chi connectivity index (χ1) is 9.18. The van der Waals surface area contributed by atoms with E-state index < -0.39 is 27.3 Å². The minimum absolute atomic E-state index is 0.109. The molecule has 0 saturated carbocycles. The van der Waals surface area contributed by atoms with Crippen molar-refractivity contribution in [3.63, 3.8) is 0 Å². The number of hydrogen-bond donors (Lipinski definition) is 2. The van der Waals surface area contributed by atoms with Gasteiger partial charge in [0, 0.05) is 0 Å². The van der Waals surface area contributed by atoms with E-state index in [1.807, 2.05) is 0 Å². The number of hydrogen-bond acceptors (Lipinski definition) is 3. The Labute approximate surface area is 117 Å². The highest BCUT2D eigenvalue weighted by Crippen LogP contribution is 2.22. The quantitative estimate of drug-likeness (QED) is 0.842. The van der Waals surface area contributed by atoms with Crippen molar-refractivity contribution in [1.29, 1.82) is 0 Å². The maximum absolute atomic E-state index is 13.0. The van der Waals surface area contributed by atoms with Gasteiger partial charge >= 0.3 is 5.97 Å². The zero-order chi connectivity index (χ0) is 15.6. The summed E-state index contributed by atoms with van der Waals surface area (Å²) in [7, 11) is -4.03. The Bertz CT molecular complexity index is 609. The van der Waals surface area contributed by atoms with E-state index in [4.69, 9.17) is 0 Å². The van der Waals surface area contributed by atoms with Gasteiger partial charge in [0.15, 0.2) is 0 Å². The Morgan fingerprint density at radius 2 is 1.90 bits per heavy atom. The van der Waals surface area contributed by atoms with Crippen molar-refractivity contribution >= 4 is 16.0 Å². The zero-order valence-electron chi connectivity index (χ0n) is 11.6. The van der Waals surface area contributed by atoms with Gasteiger partial charge in [-0.3, -0.25) is 4.79 Å². The molecule has 5 nitrogen and oxygen atoms in total. The molecule has 2 N–H and O–H groups in total. The SMILES string of the molecule is CCC(CC)(NS(=O)(=O)c1ccc(F)cc1C)C(=O)O. The van der Waals surface area contributed by atoms with Crippen LogP contribution in [0.5, 0.6) is 0 Å². The fourth-order valence-corrected chi connectivity index (χ4v) is 3.70. The lowest BCUT2D eigenvalue weighted by Crippen LogP contribution is -2.53. The minimum Gasteiger partial charge on any atom is -0.480 e. The predicted octanol–water partition coefficient (Wildman–Crippen LogP) is 2.06. The molecule has 112 valence electrons. The van der Waals surface area contributed by atoms with Crippen molar-refractivity contribution in [1.82, 2.24) is 4.72 Å². The lowest BCUT2D eigenvalue weighted by molar-refractivity contribution is -0.144. The van der Waals surface area contributed by atoms with Crippen LogP contribution >= 0.6 is 0 Å². The Morgan fingerprint density at radius 1 is 1.35 bits per heavy atom. The van der Waals surface area contributed by atoms with Crippen molar-refractivity contribution in [3.8, 4) is 0 Å². The van der Waals surface area contributed by atoms with Gasteiger partial charge in [0.25, 0.3) is 0 Å². The van der Waals surface area contributed by atoms with Crippen molar-refractivity contribution in [2.75, 3.05) is 0 Å². The zero-order valence-corrected chi connectivity index (χ0v) is 12.4. The van der Waals surface area contributed by atoms with Gasteiger partial charge in [0.2, 0.25) is 10.0 Å². The van der Waals surface area contributed by atoms with Gasteiger partial charge in [0.1, 0.15) is 11.4 Å². The van der Waals surface area contributed by atoms with Crippen LogP contribution in [0.4, 0.5) is 4.39 Å². The van der Waals surface area contributed by atoms with Crippen molar-refractivity contribution in [2.24, 2.45) is 0 Å². The van der Waals surface area contributed by atoms with Crippen LogP contribution in [-0.4, -0.2) is 25.0 Å². The van der Waals surface area contributed by atoms with Crippen LogP contribution in [0.2, 0.25) is 0 Å². The van der Waals surface area contributed by atoms with E-state index in [1.165, 1.54) is 6.92 Å². The first-order valence-corrected chi connectivity index (χ1v) is 7.70. The average molecular weight is 303 g/mol. The second kappa shape index (κ2) is 5.88. The Morgan fingerprint density at radius 3 is 2.30 bits per heavy atom. The molecule has 0 bridgehead atoms. The highest BCUT2D eigenvalue weighted by Gasteiger charge is 2.39. The van der Waals surface area contributed by atoms with Gasteiger partial charge in [-0.2, -0.15) is 4.72 Å². The maximum Gasteiger partial charge on any atom is 0.324 e. The molecule has 1 aromatic rings. The van der Waals surface area contributed by atoms with Crippen LogP contribution < -0.4 is 4.72 Å². The van der Waals surface area contributed by atoms with Crippen LogP contribution in [0.25, 0.3) is 0 Å². The Hall–Kier alpha value is -1.47. The Kier molecular flexibility index (Phi) is 4.88. The predicted molar refractivity (Wildman–Crippen MR) is 72.4 cm³/mol. The first kappa shape index (κ1) is 16.6. The van der Waals surface area contributed by atoms with Gasteiger partial charge < -0.3 is 5.11 Å². The van der Waals surface area contributed by atoms with Crippen LogP contribution in [0.1, 0.15) is 32.3 Å². The molecule has 0 aliphatic carbocycles. The summed E-state index contributed by atoms with van der Waals surface area (Å²) < 4.78 is 39.9. The topological polar surface area (TPSA) is 83.5 Å². The molecule has 0 heterocycles. The summed E-state index contributed by atoms with van der Waals surface area (Å²) in [6, 6.07) is 3.25. The number of benzene rings is 1. The summed E-state index contributed by atoms with van der Waals surface area (Å²) >= 11 is 0. The minimum atomic E-state index is -4.03. The number of rotatable bonds is 6. The lowest BCUT2D eigenvalue weighted by Gasteiger charge is -2.28. The molecule has 0 aliphatic rings. The number of aryl methyl sites for hydroxylation is 1. The highest BCUT2D eigenvalue weighted by atomic mass is 32.2. The molecule has 0 unspecified atom stereocenters. The molecule has 0 radical (unpaired) electrons. The monoisotopic (exact) mass is 303 g/mol. The molecule has 0 atom stereocenters. The van der Waals surface area contributed by atoms with Crippen LogP contribution in [0.3, 0.4) is 0 Å². The first-order valence-electron chi connectivity index (χ1n) is 6.22. The van der Waals surface area contributed by atoms with E-state index in [-0.39, 0.29) is 23.3 Å². The third kappa shape index (κ3) is 3.16. The molecule has 0 amide bonds. The van der Waals surface area contributed by atoms with Gasteiger partial charge in [-0.15, -0.1) is 0 Å². The van der Waals surface area contributed by atoms with Crippen LogP contribution in [-0.2, 0) is 14.8 Å². The van der Waals surface area contributed by atoms with Gasteiger partial charge in [-0.1, -0.05) is 13.8 Å². The van der Waals surface area contributed by atoms with Crippen molar-refractivity contribution < 1.29 is 22.7 Å². The molecule has 1 rings (SSSR count). The van der Waals surface area contributed by atoms with Gasteiger partial charge in [0.05, 0.1) is 4.90 Å². The maximum atomic E-state index is 13.0. The fourth-order valence-electron chi connectivity index (χ4n) is 1.97. The van der Waals surface area contributed by atoms with Crippen LogP contribution in [0, 0.1) is 12.7 Å². The van der Waals surface area contributed by atoms with E-state index in [1.54, 1.807) is 13.8 Å². The molecule has 20 heavy (non-hydrogen) atoms. The number of carbonyl (C=O) groups is 1. The van der Waals surface area contributed by atoms with Crippen molar-refractivity contribution in [3.05, 3.63) is 29.6 Å². The summed E-state index contributed by atoms with van der Waals surface area (Å²) in [5, 5.41) is 9.26. The average Bonchev–Trinajstić information content (AvgIpc) is 2.35. The third-order valence-corrected chi connectivity index (χ3v) is 5.07. The molecule has 0 aliphatic heterocycles. The fraction of sp³-hybridized carbons (Fsp3) is 0.462. The molecule has 1 aromatic carbocycles. The highest BCUT2D eigenvalue weighted by molar-refractivity contribution is 7.89. The Balaban J connectivity index is 3.27. The number of nitrogens with one attached hydrogen (secondary N) is 1. The van der Waals surface area contributed by atoms with E-state index in [0.717, 1.165) is 18.2 Å². The standard InChI is InChI=1S/C13H18FNO4S/c1-4-13(5-2,12(16)17)15-20(18,19)11-7-6-10(14)8-9(11)3/h6-8,15H,4-5H2,1-3H3,(H,16,17). The molecule has 7 heteroatoms. The number of halogens is 1. The molecule has 0 fully saturated rings. The largest absolute Gasteiger partial charge is 0.480 e. The van der Waals surface area contributed by atoms with E-state index >= 15 is 0 Å². The molecular weight excluding hydrogens is 285 g/mol. The molecule has 0 spiro atoms. The third-order valence-electron chi connectivity index (χ3n) is 3.37. The molecule has 0 saturated heterocycles. The van der Waals surface area contributed by atoms with Gasteiger partial charge in [-0.25, -0.2) is 12.8 Å². The summed E-state index contributed by atoms with van der Waals surface area (Å²) in [5.74, 6) is -1.78. The van der Waals surface area contributed by atoms with E-state index in [0.29, 0.717) is 0 Å². The van der Waals surface area contributed by atoms with E-state index in [9.17, 15) is 22.7 Å². The number of aliphatic carboxylic acids is 1. The summed E-state index contributed by atoms with van der Waals surface area (Å²) in [4.78, 5) is 11.2.